The Morgan fingerprint density at radius 3 is 2.83 bits per heavy atom. The third-order valence-electron chi connectivity index (χ3n) is 3.55. The van der Waals surface area contributed by atoms with E-state index in [1.807, 2.05) is 48.5 Å². The summed E-state index contributed by atoms with van der Waals surface area (Å²) in [5, 5.41) is 8.92. The summed E-state index contributed by atoms with van der Waals surface area (Å²) in [6.07, 6.45) is 4.46. The molecule has 0 saturated carbocycles. The van der Waals surface area contributed by atoms with Gasteiger partial charge in [-0.25, -0.2) is 0 Å². The van der Waals surface area contributed by atoms with Crippen molar-refractivity contribution in [2.24, 2.45) is 5.10 Å². The summed E-state index contributed by atoms with van der Waals surface area (Å²) in [7, 11) is 0. The molecule has 5 heteroatoms. The van der Waals surface area contributed by atoms with E-state index in [2.05, 4.69) is 33.0 Å². The van der Waals surface area contributed by atoms with Crippen molar-refractivity contribution < 1.29 is 0 Å². The van der Waals surface area contributed by atoms with Crippen LogP contribution in [0.1, 0.15) is 11.1 Å². The van der Waals surface area contributed by atoms with Crippen molar-refractivity contribution in [3.8, 4) is 0 Å². The van der Waals surface area contributed by atoms with E-state index in [0.717, 1.165) is 29.4 Å². The van der Waals surface area contributed by atoms with Gasteiger partial charge in [0.1, 0.15) is 0 Å². The van der Waals surface area contributed by atoms with E-state index in [-0.39, 0.29) is 0 Å². The summed E-state index contributed by atoms with van der Waals surface area (Å²) in [6.45, 7) is 0.771. The Kier molecular flexibility index (Phi) is 5.48. The van der Waals surface area contributed by atoms with Crippen LogP contribution in [0.2, 0.25) is 0 Å². The molecule has 120 valence electrons. The first-order chi connectivity index (χ1) is 11.8. The van der Waals surface area contributed by atoms with Gasteiger partial charge in [0.25, 0.3) is 0 Å². The summed E-state index contributed by atoms with van der Waals surface area (Å²) in [6, 6.07) is 20.2. The topological polar surface area (TPSA) is 49.3 Å². The molecule has 0 unspecified atom stereocenters. The van der Waals surface area contributed by atoms with Crippen molar-refractivity contribution in [3.63, 3.8) is 0 Å². The zero-order valence-corrected chi connectivity index (χ0v) is 14.0. The minimum absolute atomic E-state index is 0.518. The van der Waals surface area contributed by atoms with Gasteiger partial charge in [0, 0.05) is 18.1 Å². The van der Waals surface area contributed by atoms with Gasteiger partial charge in [-0.05, 0) is 48.0 Å². The molecule has 0 saturated heterocycles. The number of nitrogens with zero attached hydrogens (tertiary/aromatic N) is 2. The lowest BCUT2D eigenvalue weighted by atomic mass is 10.1. The second-order valence-corrected chi connectivity index (χ2v) is 5.73. The van der Waals surface area contributed by atoms with E-state index < -0.39 is 0 Å². The first-order valence-corrected chi connectivity index (χ1v) is 8.18. The van der Waals surface area contributed by atoms with Gasteiger partial charge < -0.3 is 5.32 Å². The Morgan fingerprint density at radius 2 is 1.96 bits per heavy atom. The molecule has 0 bridgehead atoms. The first kappa shape index (κ1) is 16.1. The molecule has 0 aliphatic rings. The van der Waals surface area contributed by atoms with Crippen LogP contribution in [0, 0.1) is 0 Å². The summed E-state index contributed by atoms with van der Waals surface area (Å²) in [5.74, 6) is 0. The maximum Gasteiger partial charge on any atom is 0.186 e. The fourth-order valence-corrected chi connectivity index (χ4v) is 2.50. The Hall–Kier alpha value is -2.79. The molecule has 2 aromatic carbocycles. The molecule has 0 radical (unpaired) electrons. The van der Waals surface area contributed by atoms with Gasteiger partial charge in [0.05, 0.1) is 11.7 Å². The number of hydrogen-bond acceptors (Lipinski definition) is 3. The van der Waals surface area contributed by atoms with E-state index in [1.54, 1.807) is 12.4 Å². The van der Waals surface area contributed by atoms with Gasteiger partial charge in [-0.3, -0.25) is 10.4 Å². The normalized spacial score (nSPS) is 10.8. The van der Waals surface area contributed by atoms with Crippen LogP contribution in [-0.4, -0.2) is 22.9 Å². The third-order valence-corrected chi connectivity index (χ3v) is 3.78. The number of aromatic nitrogens is 1. The molecule has 3 rings (SSSR count). The van der Waals surface area contributed by atoms with Crippen LogP contribution < -0.4 is 10.7 Å². The highest BCUT2D eigenvalue weighted by Crippen LogP contribution is 2.11. The summed E-state index contributed by atoms with van der Waals surface area (Å²) >= 11 is 5.22. The number of fused-ring (bicyclic) bond motifs is 1. The van der Waals surface area contributed by atoms with E-state index in [9.17, 15) is 0 Å². The molecular weight excluding hydrogens is 316 g/mol. The molecule has 0 atom stereocenters. The smallest absolute Gasteiger partial charge is 0.186 e. The highest BCUT2D eigenvalue weighted by atomic mass is 32.1. The summed E-state index contributed by atoms with van der Waals surface area (Å²) in [4.78, 5) is 4.30. The fourth-order valence-electron chi connectivity index (χ4n) is 2.34. The maximum absolute atomic E-state index is 5.22. The van der Waals surface area contributed by atoms with Crippen LogP contribution in [0.5, 0.6) is 0 Å². The molecular formula is C19H18N4S. The fraction of sp³-hybridized carbons (Fsp3) is 0.105. The molecule has 2 N–H and O–H groups in total. The quantitative estimate of drug-likeness (QED) is 0.427. The minimum atomic E-state index is 0.518. The zero-order valence-electron chi connectivity index (χ0n) is 13.1. The summed E-state index contributed by atoms with van der Waals surface area (Å²) < 4.78 is 0. The zero-order chi connectivity index (χ0) is 16.6. The number of hydrogen-bond donors (Lipinski definition) is 2. The molecule has 0 fully saturated rings. The van der Waals surface area contributed by atoms with E-state index in [1.165, 1.54) is 5.56 Å². The first-order valence-electron chi connectivity index (χ1n) is 7.77. The van der Waals surface area contributed by atoms with Gasteiger partial charge in [-0.2, -0.15) is 5.10 Å². The number of benzene rings is 2. The second kappa shape index (κ2) is 8.17. The number of nitrogens with one attached hydrogen (secondary N) is 2. The molecule has 0 aliphatic carbocycles. The number of thiocarbonyl (C=S) groups is 1. The van der Waals surface area contributed by atoms with E-state index in [4.69, 9.17) is 12.2 Å². The highest BCUT2D eigenvalue weighted by molar-refractivity contribution is 7.80. The van der Waals surface area contributed by atoms with Crippen LogP contribution in [0.25, 0.3) is 10.9 Å². The van der Waals surface area contributed by atoms with Gasteiger partial charge in [0.2, 0.25) is 0 Å². The van der Waals surface area contributed by atoms with Crippen molar-refractivity contribution in [3.05, 3.63) is 78.0 Å². The molecule has 0 aliphatic heterocycles. The van der Waals surface area contributed by atoms with Gasteiger partial charge in [0.15, 0.2) is 5.11 Å². The van der Waals surface area contributed by atoms with Crippen LogP contribution in [0.3, 0.4) is 0 Å². The molecule has 24 heavy (non-hydrogen) atoms. The lowest BCUT2D eigenvalue weighted by Gasteiger charge is -2.06. The molecule has 3 aromatic rings. The van der Waals surface area contributed by atoms with Crippen molar-refractivity contribution in [1.82, 2.24) is 15.7 Å². The highest BCUT2D eigenvalue weighted by Gasteiger charge is 1.96. The van der Waals surface area contributed by atoms with Crippen molar-refractivity contribution >= 4 is 34.4 Å². The van der Waals surface area contributed by atoms with Crippen LogP contribution in [0.4, 0.5) is 0 Å². The summed E-state index contributed by atoms with van der Waals surface area (Å²) in [5.41, 5.74) is 6.09. The van der Waals surface area contributed by atoms with Crippen LogP contribution >= 0.6 is 12.2 Å². The van der Waals surface area contributed by atoms with E-state index in [0.29, 0.717) is 5.11 Å². The largest absolute Gasteiger partial charge is 0.361 e. The molecule has 4 nitrogen and oxygen atoms in total. The molecule has 1 aromatic heterocycles. The lowest BCUT2D eigenvalue weighted by molar-refractivity contribution is 0.838. The second-order valence-electron chi connectivity index (χ2n) is 5.32. The predicted octanol–water partition coefficient (Wildman–Crippen LogP) is 3.28. The van der Waals surface area contributed by atoms with Crippen molar-refractivity contribution in [2.75, 3.05) is 6.54 Å². The Labute approximate surface area is 146 Å². The standard InChI is InChI=1S/C19H18N4S/c24-19(21-12-10-15-5-2-1-3-6-15)23-22-14-16-8-9-18-17(13-16)7-4-11-20-18/h1-9,11,13-14H,10,12H2,(H2,21,23,24). The Bertz CT molecular complexity index is 846. The molecule has 0 amide bonds. The van der Waals surface area contributed by atoms with Gasteiger partial charge >= 0.3 is 0 Å². The third kappa shape index (κ3) is 4.60. The number of rotatable bonds is 5. The minimum Gasteiger partial charge on any atom is -0.361 e. The van der Waals surface area contributed by atoms with E-state index >= 15 is 0 Å². The van der Waals surface area contributed by atoms with Crippen LogP contribution in [0.15, 0.2) is 72.0 Å². The SMILES string of the molecule is S=C(NCCc1ccccc1)NN=Cc1ccc2ncccc2c1. The average Bonchev–Trinajstić information content (AvgIpc) is 2.62. The monoisotopic (exact) mass is 334 g/mol. The average molecular weight is 334 g/mol. The molecule has 0 spiro atoms. The van der Waals surface area contributed by atoms with Gasteiger partial charge in [-0.1, -0.05) is 42.5 Å². The maximum atomic E-state index is 5.22. The number of pyridine rings is 1. The predicted molar refractivity (Wildman–Crippen MR) is 103 cm³/mol. The lowest BCUT2D eigenvalue weighted by Crippen LogP contribution is -2.33. The number of hydrazone groups is 1. The van der Waals surface area contributed by atoms with Crippen molar-refractivity contribution in [1.29, 1.82) is 0 Å². The van der Waals surface area contributed by atoms with Crippen molar-refractivity contribution in [2.45, 2.75) is 6.42 Å². The van der Waals surface area contributed by atoms with Gasteiger partial charge in [-0.15, -0.1) is 0 Å². The Balaban J connectivity index is 1.47. The van der Waals surface area contributed by atoms with Crippen LogP contribution in [-0.2, 0) is 6.42 Å². The Morgan fingerprint density at radius 1 is 1.08 bits per heavy atom. The molecule has 1 heterocycles.